The summed E-state index contributed by atoms with van der Waals surface area (Å²) in [5, 5.41) is 49.7. The van der Waals surface area contributed by atoms with Gasteiger partial charge in [0.25, 0.3) is 5.91 Å². The molecule has 0 aliphatic rings. The maximum atomic E-state index is 11.7. The Balaban J connectivity index is 4.42. The minimum absolute atomic E-state index is 0.143. The largest absolute Gasteiger partial charge is 0.394 e. The summed E-state index contributed by atoms with van der Waals surface area (Å²) in [7, 11) is 0. The predicted molar refractivity (Wildman–Crippen MR) is 91.2 cm³/mol. The Hall–Kier alpha value is -1.25. The average Bonchev–Trinajstić information content (AvgIpc) is 2.52. The summed E-state index contributed by atoms with van der Waals surface area (Å²) >= 11 is 0. The van der Waals surface area contributed by atoms with Gasteiger partial charge in [0.15, 0.2) is 6.10 Å². The lowest BCUT2D eigenvalue weighted by atomic mass is 10.0. The van der Waals surface area contributed by atoms with Gasteiger partial charge >= 0.3 is 0 Å². The van der Waals surface area contributed by atoms with Gasteiger partial charge in [-0.15, -0.1) is 0 Å². The first-order chi connectivity index (χ1) is 11.2. The molecule has 0 aromatic rings. The standard InChI is InChI=1S/C17H31NO6/c1-4-15(22)12(3)9-14(21)7-11(2)8-16(23)17(24)18-6-5-13(20)10-19/h8-9,13-16,19-23H,4-7,10H2,1-3H3,(H,18,24)/b11-8+,12-9+/t13-,14+,15+,16+/m1/s1. The third-order valence-electron chi connectivity index (χ3n) is 3.60. The lowest BCUT2D eigenvalue weighted by molar-refractivity contribution is -0.127. The van der Waals surface area contributed by atoms with E-state index < -0.39 is 30.3 Å². The van der Waals surface area contributed by atoms with Crippen LogP contribution < -0.4 is 5.32 Å². The lowest BCUT2D eigenvalue weighted by Crippen LogP contribution is -2.35. The van der Waals surface area contributed by atoms with Gasteiger partial charge in [0, 0.05) is 6.54 Å². The molecule has 140 valence electrons. The van der Waals surface area contributed by atoms with Crippen LogP contribution >= 0.6 is 0 Å². The van der Waals surface area contributed by atoms with E-state index in [-0.39, 0.29) is 26.0 Å². The Kier molecular flexibility index (Phi) is 11.5. The van der Waals surface area contributed by atoms with Crippen molar-refractivity contribution >= 4 is 5.91 Å². The number of hydrogen-bond donors (Lipinski definition) is 6. The highest BCUT2D eigenvalue weighted by Crippen LogP contribution is 2.12. The number of nitrogens with one attached hydrogen (secondary N) is 1. The maximum Gasteiger partial charge on any atom is 0.252 e. The van der Waals surface area contributed by atoms with Crippen LogP contribution in [0.3, 0.4) is 0 Å². The first-order valence-corrected chi connectivity index (χ1v) is 8.17. The van der Waals surface area contributed by atoms with Gasteiger partial charge in [-0.1, -0.05) is 18.6 Å². The third kappa shape index (κ3) is 9.79. The molecule has 1 amide bonds. The summed E-state index contributed by atoms with van der Waals surface area (Å²) in [6, 6.07) is 0. The van der Waals surface area contributed by atoms with E-state index in [0.717, 1.165) is 0 Å². The zero-order valence-corrected chi connectivity index (χ0v) is 14.6. The molecule has 0 fully saturated rings. The monoisotopic (exact) mass is 345 g/mol. The Morgan fingerprint density at radius 1 is 1.12 bits per heavy atom. The molecule has 0 aromatic heterocycles. The Bertz CT molecular complexity index is 435. The summed E-state index contributed by atoms with van der Waals surface area (Å²) < 4.78 is 0. The van der Waals surface area contributed by atoms with Crippen molar-refractivity contribution in [2.45, 2.75) is 64.4 Å². The first kappa shape index (κ1) is 22.8. The number of amides is 1. The fourth-order valence-corrected chi connectivity index (χ4v) is 2.10. The van der Waals surface area contributed by atoms with Crippen LogP contribution in [0.1, 0.15) is 40.0 Å². The summed E-state index contributed by atoms with van der Waals surface area (Å²) in [5.41, 5.74) is 1.31. The molecule has 4 atom stereocenters. The van der Waals surface area contributed by atoms with Crippen LogP contribution in [0.25, 0.3) is 0 Å². The van der Waals surface area contributed by atoms with E-state index in [9.17, 15) is 20.1 Å². The number of rotatable bonds is 11. The summed E-state index contributed by atoms with van der Waals surface area (Å²) in [6.07, 6.45) is 0.259. The minimum Gasteiger partial charge on any atom is -0.394 e. The minimum atomic E-state index is -1.35. The zero-order valence-electron chi connectivity index (χ0n) is 14.6. The summed E-state index contributed by atoms with van der Waals surface area (Å²) in [5.74, 6) is -0.609. The molecular weight excluding hydrogens is 314 g/mol. The molecule has 0 aliphatic heterocycles. The fourth-order valence-electron chi connectivity index (χ4n) is 2.10. The number of aliphatic hydroxyl groups excluding tert-OH is 5. The van der Waals surface area contributed by atoms with Crippen molar-refractivity contribution < 1.29 is 30.3 Å². The van der Waals surface area contributed by atoms with E-state index in [1.165, 1.54) is 6.08 Å². The van der Waals surface area contributed by atoms with E-state index >= 15 is 0 Å². The molecule has 0 saturated carbocycles. The number of hydrogen-bond acceptors (Lipinski definition) is 6. The maximum absolute atomic E-state index is 11.7. The molecule has 0 spiro atoms. The third-order valence-corrected chi connectivity index (χ3v) is 3.60. The molecule has 7 heteroatoms. The normalized spacial score (nSPS) is 18.0. The van der Waals surface area contributed by atoms with Crippen molar-refractivity contribution in [1.82, 2.24) is 5.32 Å². The second-order valence-electron chi connectivity index (χ2n) is 5.98. The van der Waals surface area contributed by atoms with E-state index in [0.29, 0.717) is 17.6 Å². The van der Waals surface area contributed by atoms with Crippen molar-refractivity contribution in [1.29, 1.82) is 0 Å². The van der Waals surface area contributed by atoms with E-state index in [4.69, 9.17) is 10.2 Å². The van der Waals surface area contributed by atoms with Crippen LogP contribution in [0.5, 0.6) is 0 Å². The van der Waals surface area contributed by atoms with Gasteiger partial charge in [-0.05, 0) is 44.8 Å². The highest BCUT2D eigenvalue weighted by atomic mass is 16.3. The van der Waals surface area contributed by atoms with E-state index in [1.54, 1.807) is 19.9 Å². The molecule has 0 saturated heterocycles. The van der Waals surface area contributed by atoms with Gasteiger partial charge in [0.1, 0.15) is 0 Å². The molecular formula is C17H31NO6. The van der Waals surface area contributed by atoms with Crippen LogP contribution in [0.4, 0.5) is 0 Å². The molecule has 0 aliphatic carbocycles. The van der Waals surface area contributed by atoms with Crippen LogP contribution in [0.2, 0.25) is 0 Å². The smallest absolute Gasteiger partial charge is 0.252 e. The topological polar surface area (TPSA) is 130 Å². The summed E-state index contributed by atoms with van der Waals surface area (Å²) in [6.45, 7) is 5.03. The van der Waals surface area contributed by atoms with E-state index in [2.05, 4.69) is 5.32 Å². The highest BCUT2D eigenvalue weighted by molar-refractivity contribution is 5.82. The molecule has 0 rings (SSSR count). The Morgan fingerprint density at radius 3 is 2.29 bits per heavy atom. The highest BCUT2D eigenvalue weighted by Gasteiger charge is 2.14. The average molecular weight is 345 g/mol. The zero-order chi connectivity index (χ0) is 18.7. The predicted octanol–water partition coefficient (Wildman–Crippen LogP) is -0.379. The van der Waals surface area contributed by atoms with Crippen LogP contribution in [0.15, 0.2) is 23.3 Å². The fraction of sp³-hybridized carbons (Fsp3) is 0.706. The van der Waals surface area contributed by atoms with Gasteiger partial charge in [0.05, 0.1) is 24.9 Å². The first-order valence-electron chi connectivity index (χ1n) is 8.17. The molecule has 0 aromatic carbocycles. The molecule has 6 N–H and O–H groups in total. The second-order valence-corrected chi connectivity index (χ2v) is 5.98. The Morgan fingerprint density at radius 2 is 1.75 bits per heavy atom. The molecule has 7 nitrogen and oxygen atoms in total. The van der Waals surface area contributed by atoms with Crippen molar-refractivity contribution in [2.75, 3.05) is 13.2 Å². The lowest BCUT2D eigenvalue weighted by Gasteiger charge is -2.13. The second kappa shape index (κ2) is 12.2. The molecule has 0 bridgehead atoms. The van der Waals surface area contributed by atoms with Gasteiger partial charge in [-0.3, -0.25) is 4.79 Å². The van der Waals surface area contributed by atoms with Crippen molar-refractivity contribution in [2.24, 2.45) is 0 Å². The van der Waals surface area contributed by atoms with Crippen LogP contribution in [-0.2, 0) is 4.79 Å². The van der Waals surface area contributed by atoms with Crippen LogP contribution in [0, 0.1) is 0 Å². The molecule has 0 heterocycles. The van der Waals surface area contributed by atoms with Crippen molar-refractivity contribution in [3.05, 3.63) is 23.3 Å². The quantitative estimate of drug-likeness (QED) is 0.283. The van der Waals surface area contributed by atoms with Crippen molar-refractivity contribution in [3.8, 4) is 0 Å². The Labute approximate surface area is 143 Å². The van der Waals surface area contributed by atoms with Crippen LogP contribution in [-0.4, -0.2) is 69.0 Å². The number of aliphatic hydroxyl groups is 5. The van der Waals surface area contributed by atoms with Gasteiger partial charge in [0.2, 0.25) is 0 Å². The van der Waals surface area contributed by atoms with Gasteiger partial charge in [-0.2, -0.15) is 0 Å². The molecule has 0 unspecified atom stereocenters. The molecule has 0 radical (unpaired) electrons. The van der Waals surface area contributed by atoms with Gasteiger partial charge in [-0.25, -0.2) is 0 Å². The SMILES string of the molecule is CC[C@H](O)/C(C)=C/[C@@H](O)C/C(C)=C/[C@H](O)C(=O)NCC[C@@H](O)CO. The number of carbonyl (C=O) groups excluding carboxylic acids is 1. The van der Waals surface area contributed by atoms with Gasteiger partial charge < -0.3 is 30.8 Å². The van der Waals surface area contributed by atoms with E-state index in [1.807, 2.05) is 6.92 Å². The summed E-state index contributed by atoms with van der Waals surface area (Å²) in [4.78, 5) is 11.7. The molecule has 24 heavy (non-hydrogen) atoms. The van der Waals surface area contributed by atoms with Crippen molar-refractivity contribution in [3.63, 3.8) is 0 Å². The number of carbonyl (C=O) groups is 1.